The lowest BCUT2D eigenvalue weighted by atomic mass is 10.1. The van der Waals surface area contributed by atoms with Crippen molar-refractivity contribution < 1.29 is 4.74 Å². The van der Waals surface area contributed by atoms with E-state index in [2.05, 4.69) is 20.4 Å². The maximum absolute atomic E-state index is 5.55. The minimum atomic E-state index is -0.0890. The van der Waals surface area contributed by atoms with Crippen LogP contribution in [-0.2, 0) is 6.42 Å². The van der Waals surface area contributed by atoms with Crippen molar-refractivity contribution in [3.05, 3.63) is 48.2 Å². The van der Waals surface area contributed by atoms with Gasteiger partial charge in [-0.1, -0.05) is 6.07 Å². The van der Waals surface area contributed by atoms with E-state index in [9.17, 15) is 0 Å². The predicted molar refractivity (Wildman–Crippen MR) is 66.6 cm³/mol. The maximum atomic E-state index is 5.55. The molecule has 1 unspecified atom stereocenters. The van der Waals surface area contributed by atoms with E-state index >= 15 is 0 Å². The maximum Gasteiger partial charge on any atom is 0.212 e. The highest BCUT2D eigenvalue weighted by Crippen LogP contribution is 2.15. The molecule has 1 atom stereocenters. The van der Waals surface area contributed by atoms with Crippen LogP contribution in [0, 0.1) is 0 Å². The molecule has 0 saturated heterocycles. The van der Waals surface area contributed by atoms with Crippen molar-refractivity contribution in [2.45, 2.75) is 12.5 Å². The molecule has 0 aliphatic rings. The Morgan fingerprint density at radius 3 is 2.72 bits per heavy atom. The predicted octanol–water partition coefficient (Wildman–Crippen LogP) is 0.627. The first-order chi connectivity index (χ1) is 8.83. The third-order valence-corrected chi connectivity index (χ3v) is 2.59. The van der Waals surface area contributed by atoms with Crippen molar-refractivity contribution in [1.29, 1.82) is 0 Å². The van der Waals surface area contributed by atoms with E-state index in [4.69, 9.17) is 10.6 Å². The van der Waals surface area contributed by atoms with Gasteiger partial charge in [0.1, 0.15) is 0 Å². The van der Waals surface area contributed by atoms with Gasteiger partial charge in [0, 0.05) is 24.7 Å². The fourth-order valence-electron chi connectivity index (χ4n) is 1.63. The fourth-order valence-corrected chi connectivity index (χ4v) is 1.63. The Kier molecular flexibility index (Phi) is 4.16. The lowest BCUT2D eigenvalue weighted by Gasteiger charge is -2.14. The van der Waals surface area contributed by atoms with Gasteiger partial charge < -0.3 is 4.74 Å². The molecule has 0 saturated carbocycles. The fraction of sp³-hybridized carbons (Fsp3) is 0.250. The summed E-state index contributed by atoms with van der Waals surface area (Å²) in [5.41, 5.74) is 4.58. The summed E-state index contributed by atoms with van der Waals surface area (Å²) in [4.78, 5) is 12.4. The Morgan fingerprint density at radius 2 is 2.17 bits per heavy atom. The lowest BCUT2D eigenvalue weighted by Crippen LogP contribution is -2.30. The molecule has 0 amide bonds. The standard InChI is InChI=1S/C12H15N5O/c1-18-12-3-2-9(7-16-12)6-10(17-13)11-8-14-4-5-15-11/h2-5,7-8,10,17H,6,13H2,1H3. The minimum absolute atomic E-state index is 0.0890. The van der Waals surface area contributed by atoms with E-state index in [0.717, 1.165) is 11.3 Å². The van der Waals surface area contributed by atoms with Crippen molar-refractivity contribution in [3.8, 4) is 5.88 Å². The number of hydrogen-bond donors (Lipinski definition) is 2. The molecule has 0 spiro atoms. The summed E-state index contributed by atoms with van der Waals surface area (Å²) in [6, 6.07) is 3.68. The first-order valence-corrected chi connectivity index (χ1v) is 5.54. The molecule has 2 rings (SSSR count). The van der Waals surface area contributed by atoms with E-state index in [1.54, 1.807) is 31.9 Å². The Morgan fingerprint density at radius 1 is 1.28 bits per heavy atom. The van der Waals surface area contributed by atoms with Gasteiger partial charge in [0.25, 0.3) is 0 Å². The van der Waals surface area contributed by atoms with Crippen LogP contribution >= 0.6 is 0 Å². The molecule has 0 radical (unpaired) electrons. The lowest BCUT2D eigenvalue weighted by molar-refractivity contribution is 0.397. The number of aromatic nitrogens is 3. The summed E-state index contributed by atoms with van der Waals surface area (Å²) in [5.74, 6) is 6.14. The number of pyridine rings is 1. The molecular formula is C12H15N5O. The topological polar surface area (TPSA) is 86.0 Å². The zero-order chi connectivity index (χ0) is 12.8. The van der Waals surface area contributed by atoms with E-state index < -0.39 is 0 Å². The number of nitrogens with two attached hydrogens (primary N) is 1. The van der Waals surface area contributed by atoms with Gasteiger partial charge >= 0.3 is 0 Å². The minimum Gasteiger partial charge on any atom is -0.481 e. The highest BCUT2D eigenvalue weighted by Gasteiger charge is 2.12. The zero-order valence-electron chi connectivity index (χ0n) is 10.1. The van der Waals surface area contributed by atoms with Crippen molar-refractivity contribution in [2.24, 2.45) is 5.84 Å². The number of rotatable bonds is 5. The molecular weight excluding hydrogens is 230 g/mol. The van der Waals surface area contributed by atoms with Crippen LogP contribution in [0.4, 0.5) is 0 Å². The van der Waals surface area contributed by atoms with Gasteiger partial charge in [-0.15, -0.1) is 0 Å². The Bertz CT molecular complexity index is 474. The zero-order valence-corrected chi connectivity index (χ0v) is 10.1. The normalized spacial score (nSPS) is 12.1. The summed E-state index contributed by atoms with van der Waals surface area (Å²) >= 11 is 0. The Hall–Kier alpha value is -2.05. The molecule has 18 heavy (non-hydrogen) atoms. The second kappa shape index (κ2) is 6.04. The Balaban J connectivity index is 2.10. The van der Waals surface area contributed by atoms with Crippen LogP contribution < -0.4 is 16.0 Å². The number of nitrogens with one attached hydrogen (secondary N) is 1. The van der Waals surface area contributed by atoms with E-state index in [1.165, 1.54) is 0 Å². The van der Waals surface area contributed by atoms with Gasteiger partial charge in [-0.2, -0.15) is 0 Å². The highest BCUT2D eigenvalue weighted by molar-refractivity contribution is 5.20. The average molecular weight is 245 g/mol. The van der Waals surface area contributed by atoms with Crippen LogP contribution in [0.2, 0.25) is 0 Å². The number of methoxy groups -OCH3 is 1. The van der Waals surface area contributed by atoms with Crippen molar-refractivity contribution >= 4 is 0 Å². The third-order valence-electron chi connectivity index (χ3n) is 2.59. The van der Waals surface area contributed by atoms with Gasteiger partial charge in [0.05, 0.1) is 25.0 Å². The van der Waals surface area contributed by atoms with Crippen LogP contribution in [-0.4, -0.2) is 22.1 Å². The number of hydrazine groups is 1. The van der Waals surface area contributed by atoms with E-state index in [1.807, 2.05) is 12.1 Å². The number of ether oxygens (including phenoxy) is 1. The second-order valence-corrected chi connectivity index (χ2v) is 3.76. The van der Waals surface area contributed by atoms with Gasteiger partial charge in [-0.25, -0.2) is 4.98 Å². The van der Waals surface area contributed by atoms with Gasteiger partial charge in [0.15, 0.2) is 0 Å². The molecule has 0 aromatic carbocycles. The largest absolute Gasteiger partial charge is 0.481 e. The van der Waals surface area contributed by atoms with Gasteiger partial charge in [-0.3, -0.25) is 21.2 Å². The van der Waals surface area contributed by atoms with Crippen LogP contribution in [0.3, 0.4) is 0 Å². The number of hydrogen-bond acceptors (Lipinski definition) is 6. The second-order valence-electron chi connectivity index (χ2n) is 3.76. The molecule has 6 nitrogen and oxygen atoms in total. The average Bonchev–Trinajstić information content (AvgIpc) is 2.46. The Labute approximate surface area is 105 Å². The SMILES string of the molecule is COc1ccc(CC(NN)c2cnccn2)cn1. The summed E-state index contributed by atoms with van der Waals surface area (Å²) < 4.78 is 5.01. The summed E-state index contributed by atoms with van der Waals surface area (Å²) in [5, 5.41) is 0. The monoisotopic (exact) mass is 245 g/mol. The highest BCUT2D eigenvalue weighted by atomic mass is 16.5. The molecule has 2 aromatic heterocycles. The summed E-state index contributed by atoms with van der Waals surface area (Å²) in [7, 11) is 1.59. The summed E-state index contributed by atoms with van der Waals surface area (Å²) in [6.07, 6.45) is 7.42. The van der Waals surface area contributed by atoms with E-state index in [0.29, 0.717) is 12.3 Å². The third kappa shape index (κ3) is 2.99. The first-order valence-electron chi connectivity index (χ1n) is 5.54. The van der Waals surface area contributed by atoms with Crippen molar-refractivity contribution in [3.63, 3.8) is 0 Å². The van der Waals surface area contributed by atoms with Crippen LogP contribution in [0.1, 0.15) is 17.3 Å². The molecule has 94 valence electrons. The van der Waals surface area contributed by atoms with Crippen LogP contribution in [0.15, 0.2) is 36.9 Å². The first kappa shape index (κ1) is 12.4. The smallest absolute Gasteiger partial charge is 0.212 e. The quantitative estimate of drug-likeness (QED) is 0.593. The van der Waals surface area contributed by atoms with E-state index in [-0.39, 0.29) is 6.04 Å². The van der Waals surface area contributed by atoms with Crippen molar-refractivity contribution in [2.75, 3.05) is 7.11 Å². The van der Waals surface area contributed by atoms with Gasteiger partial charge in [-0.05, 0) is 12.0 Å². The molecule has 0 bridgehead atoms. The van der Waals surface area contributed by atoms with Crippen LogP contribution in [0.5, 0.6) is 5.88 Å². The molecule has 0 aliphatic heterocycles. The molecule has 0 fully saturated rings. The summed E-state index contributed by atoms with van der Waals surface area (Å²) in [6.45, 7) is 0. The molecule has 2 aromatic rings. The molecule has 6 heteroatoms. The number of nitrogens with zero attached hydrogens (tertiary/aromatic N) is 3. The molecule has 2 heterocycles. The molecule has 3 N–H and O–H groups in total. The van der Waals surface area contributed by atoms with Crippen LogP contribution in [0.25, 0.3) is 0 Å². The molecule has 0 aliphatic carbocycles. The van der Waals surface area contributed by atoms with Gasteiger partial charge in [0.2, 0.25) is 5.88 Å². The van der Waals surface area contributed by atoms with Crippen molar-refractivity contribution in [1.82, 2.24) is 20.4 Å².